The highest BCUT2D eigenvalue weighted by atomic mass is 127. The third kappa shape index (κ3) is 4.22. The van der Waals surface area contributed by atoms with Crippen molar-refractivity contribution in [3.8, 4) is 5.75 Å². The Morgan fingerprint density at radius 2 is 1.68 bits per heavy atom. The number of hydrogen-bond acceptors (Lipinski definition) is 4. The number of halogens is 2. The van der Waals surface area contributed by atoms with Crippen LogP contribution in [-0.4, -0.2) is 24.5 Å². The molecule has 0 bridgehead atoms. The summed E-state index contributed by atoms with van der Waals surface area (Å²) in [5, 5.41) is 2.23. The SMILES string of the molecule is CCOc1c(I)cc(/C=C2\C(=O)NC(=O)N(c3ccc(C)cc3)C2=O)cc1I. The van der Waals surface area contributed by atoms with E-state index in [-0.39, 0.29) is 5.57 Å². The lowest BCUT2D eigenvalue weighted by Crippen LogP contribution is -2.54. The fourth-order valence-electron chi connectivity index (χ4n) is 2.70. The molecule has 144 valence electrons. The van der Waals surface area contributed by atoms with Crippen LogP contribution in [0.25, 0.3) is 6.08 Å². The Morgan fingerprint density at radius 3 is 2.25 bits per heavy atom. The predicted molar refractivity (Wildman–Crippen MR) is 123 cm³/mol. The van der Waals surface area contributed by atoms with Crippen LogP contribution in [0.15, 0.2) is 42.0 Å². The van der Waals surface area contributed by atoms with Gasteiger partial charge in [-0.05, 0) is 94.9 Å². The molecule has 0 unspecified atom stereocenters. The van der Waals surface area contributed by atoms with E-state index in [0.29, 0.717) is 17.9 Å². The van der Waals surface area contributed by atoms with Gasteiger partial charge in [-0.15, -0.1) is 0 Å². The molecule has 1 fully saturated rings. The van der Waals surface area contributed by atoms with Crippen LogP contribution in [0.5, 0.6) is 5.75 Å². The van der Waals surface area contributed by atoms with Crippen LogP contribution >= 0.6 is 45.2 Å². The molecule has 1 aliphatic rings. The number of ether oxygens (including phenoxy) is 1. The Morgan fingerprint density at radius 1 is 1.07 bits per heavy atom. The molecule has 8 heteroatoms. The molecule has 0 atom stereocenters. The Labute approximate surface area is 189 Å². The zero-order valence-corrected chi connectivity index (χ0v) is 19.4. The predicted octanol–water partition coefficient (Wildman–Crippen LogP) is 4.27. The lowest BCUT2D eigenvalue weighted by molar-refractivity contribution is -0.122. The summed E-state index contributed by atoms with van der Waals surface area (Å²) < 4.78 is 7.36. The van der Waals surface area contributed by atoms with E-state index >= 15 is 0 Å². The Kier molecular flexibility index (Phi) is 6.38. The Hall–Kier alpha value is -1.95. The van der Waals surface area contributed by atoms with E-state index < -0.39 is 17.8 Å². The molecule has 6 nitrogen and oxygen atoms in total. The highest BCUT2D eigenvalue weighted by Crippen LogP contribution is 2.30. The quantitative estimate of drug-likeness (QED) is 0.323. The molecule has 0 aromatic heterocycles. The van der Waals surface area contributed by atoms with Crippen LogP contribution in [-0.2, 0) is 9.59 Å². The molecule has 2 aromatic carbocycles. The van der Waals surface area contributed by atoms with Crippen molar-refractivity contribution in [2.45, 2.75) is 13.8 Å². The maximum Gasteiger partial charge on any atom is 0.335 e. The molecule has 1 heterocycles. The van der Waals surface area contributed by atoms with E-state index in [2.05, 4.69) is 50.5 Å². The maximum absolute atomic E-state index is 12.9. The first-order chi connectivity index (χ1) is 13.3. The second kappa shape index (κ2) is 8.60. The number of imide groups is 2. The highest BCUT2D eigenvalue weighted by Gasteiger charge is 2.36. The second-order valence-corrected chi connectivity index (χ2v) is 8.36. The molecule has 0 aliphatic carbocycles. The number of barbiturate groups is 1. The van der Waals surface area contributed by atoms with Crippen LogP contribution in [0.2, 0.25) is 0 Å². The van der Waals surface area contributed by atoms with Crippen molar-refractivity contribution >= 4 is 74.8 Å². The zero-order valence-electron chi connectivity index (χ0n) is 15.1. The summed E-state index contributed by atoms with van der Waals surface area (Å²) in [6.07, 6.45) is 1.49. The minimum Gasteiger partial charge on any atom is -0.492 e. The van der Waals surface area contributed by atoms with Gasteiger partial charge in [0, 0.05) is 0 Å². The smallest absolute Gasteiger partial charge is 0.335 e. The third-order valence-corrected chi connectivity index (χ3v) is 5.62. The largest absolute Gasteiger partial charge is 0.492 e. The molecule has 0 radical (unpaired) electrons. The highest BCUT2D eigenvalue weighted by molar-refractivity contribution is 14.1. The molecule has 1 aliphatic heterocycles. The van der Waals surface area contributed by atoms with Crippen molar-refractivity contribution < 1.29 is 19.1 Å². The van der Waals surface area contributed by atoms with Crippen molar-refractivity contribution in [3.05, 3.63) is 60.2 Å². The molecular formula is C20H16I2N2O4. The topological polar surface area (TPSA) is 75.7 Å². The van der Waals surface area contributed by atoms with Gasteiger partial charge in [0.05, 0.1) is 19.4 Å². The summed E-state index contributed by atoms with van der Waals surface area (Å²) in [6, 6.07) is 9.83. The number of aryl methyl sites for hydroxylation is 1. The van der Waals surface area contributed by atoms with E-state index in [4.69, 9.17) is 4.74 Å². The monoisotopic (exact) mass is 602 g/mol. The van der Waals surface area contributed by atoms with Crippen LogP contribution in [0.1, 0.15) is 18.1 Å². The minimum atomic E-state index is -0.758. The van der Waals surface area contributed by atoms with Gasteiger partial charge in [0.2, 0.25) is 0 Å². The van der Waals surface area contributed by atoms with E-state index in [1.54, 1.807) is 24.3 Å². The second-order valence-electron chi connectivity index (χ2n) is 6.04. The van der Waals surface area contributed by atoms with Gasteiger partial charge >= 0.3 is 6.03 Å². The molecule has 0 spiro atoms. The van der Waals surface area contributed by atoms with E-state index in [0.717, 1.165) is 23.4 Å². The van der Waals surface area contributed by atoms with Crippen LogP contribution < -0.4 is 15.0 Å². The first kappa shape index (κ1) is 20.8. The van der Waals surface area contributed by atoms with Crippen molar-refractivity contribution in [2.24, 2.45) is 0 Å². The fraction of sp³-hybridized carbons (Fsp3) is 0.150. The van der Waals surface area contributed by atoms with Gasteiger partial charge < -0.3 is 4.74 Å². The molecular weight excluding hydrogens is 586 g/mol. The Balaban J connectivity index is 2.00. The van der Waals surface area contributed by atoms with E-state index in [1.807, 2.05) is 26.0 Å². The van der Waals surface area contributed by atoms with Crippen molar-refractivity contribution in [1.29, 1.82) is 0 Å². The number of carbonyl (C=O) groups excluding carboxylic acids is 3. The number of nitrogens with zero attached hydrogens (tertiary/aromatic N) is 1. The first-order valence-electron chi connectivity index (χ1n) is 8.41. The lowest BCUT2D eigenvalue weighted by atomic mass is 10.1. The summed E-state index contributed by atoms with van der Waals surface area (Å²) in [4.78, 5) is 38.5. The van der Waals surface area contributed by atoms with Crippen molar-refractivity contribution in [2.75, 3.05) is 11.5 Å². The first-order valence-corrected chi connectivity index (χ1v) is 10.6. The van der Waals surface area contributed by atoms with Gasteiger partial charge in [0.25, 0.3) is 11.8 Å². The van der Waals surface area contributed by atoms with Gasteiger partial charge in [0.1, 0.15) is 11.3 Å². The maximum atomic E-state index is 12.9. The number of nitrogens with one attached hydrogen (secondary N) is 1. The van der Waals surface area contributed by atoms with Gasteiger partial charge in [-0.3, -0.25) is 14.9 Å². The van der Waals surface area contributed by atoms with Gasteiger partial charge in [0.15, 0.2) is 0 Å². The number of anilines is 1. The van der Waals surface area contributed by atoms with E-state index in [1.165, 1.54) is 6.08 Å². The summed E-state index contributed by atoms with van der Waals surface area (Å²) in [6.45, 7) is 4.36. The number of amides is 4. The number of hydrogen-bond donors (Lipinski definition) is 1. The number of benzene rings is 2. The molecule has 28 heavy (non-hydrogen) atoms. The summed E-state index contributed by atoms with van der Waals surface area (Å²) in [5.41, 5.74) is 1.98. The average Bonchev–Trinajstić information content (AvgIpc) is 2.63. The van der Waals surface area contributed by atoms with Gasteiger partial charge in [-0.25, -0.2) is 9.69 Å². The van der Waals surface area contributed by atoms with E-state index in [9.17, 15) is 14.4 Å². The minimum absolute atomic E-state index is 0.101. The fourth-order valence-corrected chi connectivity index (χ4v) is 4.83. The standard InChI is InChI=1S/C20H16I2N2O4/c1-3-28-17-15(21)9-12(10-16(17)22)8-14-18(25)23-20(27)24(19(14)26)13-6-4-11(2)5-7-13/h4-10H,3H2,1-2H3,(H,23,25,27)/b14-8+. The lowest BCUT2D eigenvalue weighted by Gasteiger charge is -2.26. The van der Waals surface area contributed by atoms with Crippen LogP contribution in [0.3, 0.4) is 0 Å². The third-order valence-electron chi connectivity index (χ3n) is 4.01. The normalized spacial score (nSPS) is 15.8. The zero-order chi connectivity index (χ0) is 20.4. The molecule has 3 rings (SSSR count). The van der Waals surface area contributed by atoms with Crippen molar-refractivity contribution in [3.63, 3.8) is 0 Å². The van der Waals surface area contributed by atoms with Crippen LogP contribution in [0.4, 0.5) is 10.5 Å². The van der Waals surface area contributed by atoms with Crippen LogP contribution in [0, 0.1) is 14.1 Å². The molecule has 0 saturated carbocycles. The summed E-state index contributed by atoms with van der Waals surface area (Å²) in [5.74, 6) is -0.601. The molecule has 1 saturated heterocycles. The summed E-state index contributed by atoms with van der Waals surface area (Å²) >= 11 is 4.30. The van der Waals surface area contributed by atoms with Crippen molar-refractivity contribution in [1.82, 2.24) is 5.32 Å². The number of carbonyl (C=O) groups is 3. The average molecular weight is 602 g/mol. The molecule has 1 N–H and O–H groups in total. The molecule has 4 amide bonds. The number of urea groups is 1. The Bertz CT molecular complexity index is 977. The van der Waals surface area contributed by atoms with Gasteiger partial charge in [-0.1, -0.05) is 17.7 Å². The molecule has 2 aromatic rings. The van der Waals surface area contributed by atoms with Gasteiger partial charge in [-0.2, -0.15) is 0 Å². The number of rotatable bonds is 4. The summed E-state index contributed by atoms with van der Waals surface area (Å²) in [7, 11) is 0.